The summed E-state index contributed by atoms with van der Waals surface area (Å²) in [6, 6.07) is 1.93. The van der Waals surface area contributed by atoms with Gasteiger partial charge in [-0.2, -0.15) is 0 Å². The number of hydrogen-bond acceptors (Lipinski definition) is 4. The van der Waals surface area contributed by atoms with Crippen molar-refractivity contribution in [3.8, 4) is 0 Å². The fourth-order valence-corrected chi connectivity index (χ4v) is 2.54. The summed E-state index contributed by atoms with van der Waals surface area (Å²) in [5.41, 5.74) is 0.963. The van der Waals surface area contributed by atoms with E-state index in [0.717, 1.165) is 42.6 Å². The molecule has 0 aromatic carbocycles. The van der Waals surface area contributed by atoms with Crippen LogP contribution in [-0.2, 0) is 11.3 Å². The standard InChI is InChI=1S/C13H19NO3S/c1-2-14(7-3-8-15)10-12-11(6-9-18-12)4-5-13(16)17/h4-6,9,15H,2-3,7-8,10H2,1H3,(H,16,17)/b5-4+. The number of aliphatic hydroxyl groups excluding tert-OH is 1. The van der Waals surface area contributed by atoms with Crippen molar-refractivity contribution in [3.05, 3.63) is 28.0 Å². The smallest absolute Gasteiger partial charge is 0.328 e. The van der Waals surface area contributed by atoms with Gasteiger partial charge in [0.1, 0.15) is 0 Å². The Hall–Kier alpha value is -1.17. The highest BCUT2D eigenvalue weighted by molar-refractivity contribution is 7.10. The topological polar surface area (TPSA) is 60.8 Å². The summed E-state index contributed by atoms with van der Waals surface area (Å²) >= 11 is 1.63. The molecule has 0 saturated heterocycles. The molecule has 0 atom stereocenters. The molecule has 5 heteroatoms. The van der Waals surface area contributed by atoms with Crippen LogP contribution in [0, 0.1) is 0 Å². The zero-order valence-corrected chi connectivity index (χ0v) is 11.3. The predicted octanol–water partition coefficient (Wildman–Crippen LogP) is 2.05. The Morgan fingerprint density at radius 1 is 1.56 bits per heavy atom. The highest BCUT2D eigenvalue weighted by Gasteiger charge is 2.07. The number of nitrogens with zero attached hydrogens (tertiary/aromatic N) is 1. The molecule has 0 aliphatic heterocycles. The average Bonchev–Trinajstić information content (AvgIpc) is 2.79. The van der Waals surface area contributed by atoms with E-state index in [0.29, 0.717) is 0 Å². The molecule has 0 saturated carbocycles. The Morgan fingerprint density at radius 2 is 2.33 bits per heavy atom. The van der Waals surface area contributed by atoms with Gasteiger partial charge in [0.05, 0.1) is 0 Å². The molecule has 18 heavy (non-hydrogen) atoms. The zero-order valence-electron chi connectivity index (χ0n) is 10.5. The number of hydrogen-bond donors (Lipinski definition) is 2. The number of carboxylic acid groups (broad SMARTS) is 1. The van der Waals surface area contributed by atoms with Gasteiger partial charge in [0, 0.05) is 30.6 Å². The normalized spacial score (nSPS) is 11.5. The lowest BCUT2D eigenvalue weighted by Gasteiger charge is -2.19. The van der Waals surface area contributed by atoms with E-state index in [2.05, 4.69) is 11.8 Å². The Balaban J connectivity index is 2.65. The van der Waals surface area contributed by atoms with Gasteiger partial charge in [-0.1, -0.05) is 6.92 Å². The van der Waals surface area contributed by atoms with Crippen LogP contribution in [0.15, 0.2) is 17.5 Å². The van der Waals surface area contributed by atoms with Crippen LogP contribution in [0.3, 0.4) is 0 Å². The highest BCUT2D eigenvalue weighted by Crippen LogP contribution is 2.20. The predicted molar refractivity (Wildman–Crippen MR) is 73.6 cm³/mol. The van der Waals surface area contributed by atoms with Gasteiger partial charge in [-0.3, -0.25) is 4.90 Å². The zero-order chi connectivity index (χ0) is 13.4. The number of rotatable bonds is 8. The lowest BCUT2D eigenvalue weighted by molar-refractivity contribution is -0.131. The molecule has 2 N–H and O–H groups in total. The molecule has 0 amide bonds. The summed E-state index contributed by atoms with van der Waals surface area (Å²) in [5.74, 6) is -0.931. The molecular weight excluding hydrogens is 250 g/mol. The molecule has 0 unspecified atom stereocenters. The van der Waals surface area contributed by atoms with Crippen molar-refractivity contribution in [2.45, 2.75) is 19.9 Å². The van der Waals surface area contributed by atoms with Crippen LogP contribution in [0.4, 0.5) is 0 Å². The van der Waals surface area contributed by atoms with Crippen molar-refractivity contribution >= 4 is 23.4 Å². The maximum atomic E-state index is 10.5. The monoisotopic (exact) mass is 269 g/mol. The van der Waals surface area contributed by atoms with E-state index in [9.17, 15) is 4.79 Å². The minimum Gasteiger partial charge on any atom is -0.478 e. The molecule has 100 valence electrons. The largest absolute Gasteiger partial charge is 0.478 e. The van der Waals surface area contributed by atoms with Crippen molar-refractivity contribution in [1.82, 2.24) is 4.90 Å². The first kappa shape index (κ1) is 14.9. The van der Waals surface area contributed by atoms with Gasteiger partial charge in [-0.25, -0.2) is 4.79 Å². The summed E-state index contributed by atoms with van der Waals surface area (Å²) in [6.07, 6.45) is 3.56. The van der Waals surface area contributed by atoms with Crippen molar-refractivity contribution in [3.63, 3.8) is 0 Å². The molecule has 1 rings (SSSR count). The molecule has 0 radical (unpaired) electrons. The summed E-state index contributed by atoms with van der Waals surface area (Å²) in [5, 5.41) is 19.4. The summed E-state index contributed by atoms with van der Waals surface area (Å²) in [6.45, 7) is 4.85. The molecule has 4 nitrogen and oxygen atoms in total. The van der Waals surface area contributed by atoms with E-state index >= 15 is 0 Å². The molecule has 0 bridgehead atoms. The molecule has 1 aromatic heterocycles. The van der Waals surface area contributed by atoms with Crippen molar-refractivity contribution in [2.24, 2.45) is 0 Å². The maximum Gasteiger partial charge on any atom is 0.328 e. The number of carboxylic acids is 1. The SMILES string of the molecule is CCN(CCCO)Cc1sccc1/C=C/C(=O)O. The van der Waals surface area contributed by atoms with Gasteiger partial charge < -0.3 is 10.2 Å². The summed E-state index contributed by atoms with van der Waals surface area (Å²) in [7, 11) is 0. The molecule has 0 aliphatic carbocycles. The van der Waals surface area contributed by atoms with E-state index in [1.807, 2.05) is 11.4 Å². The third kappa shape index (κ3) is 5.00. The molecule has 1 heterocycles. The first-order chi connectivity index (χ1) is 8.67. The number of aliphatic carboxylic acids is 1. The van der Waals surface area contributed by atoms with Gasteiger partial charge in [0.15, 0.2) is 0 Å². The van der Waals surface area contributed by atoms with E-state index in [4.69, 9.17) is 10.2 Å². The van der Waals surface area contributed by atoms with Crippen LogP contribution in [0.1, 0.15) is 23.8 Å². The van der Waals surface area contributed by atoms with Gasteiger partial charge in [-0.05, 0) is 36.1 Å². The van der Waals surface area contributed by atoms with E-state index in [-0.39, 0.29) is 6.61 Å². The molecular formula is C13H19NO3S. The van der Waals surface area contributed by atoms with Gasteiger partial charge in [-0.15, -0.1) is 11.3 Å². The summed E-state index contributed by atoms with van der Waals surface area (Å²) < 4.78 is 0. The Morgan fingerprint density at radius 3 is 2.94 bits per heavy atom. The second-order valence-corrected chi connectivity index (χ2v) is 4.92. The number of aliphatic hydroxyl groups is 1. The van der Waals surface area contributed by atoms with Crippen molar-refractivity contribution in [1.29, 1.82) is 0 Å². The van der Waals surface area contributed by atoms with Gasteiger partial charge in [0.2, 0.25) is 0 Å². The Labute approximate surface area is 111 Å². The lowest BCUT2D eigenvalue weighted by atomic mass is 10.2. The molecule has 0 fully saturated rings. The van der Waals surface area contributed by atoms with E-state index in [1.54, 1.807) is 17.4 Å². The quantitative estimate of drug-likeness (QED) is 0.709. The van der Waals surface area contributed by atoms with Crippen LogP contribution in [-0.4, -0.2) is 40.8 Å². The van der Waals surface area contributed by atoms with Crippen LogP contribution in [0.2, 0.25) is 0 Å². The third-order valence-electron chi connectivity index (χ3n) is 2.63. The highest BCUT2D eigenvalue weighted by atomic mass is 32.1. The average molecular weight is 269 g/mol. The number of thiophene rings is 1. The minimum absolute atomic E-state index is 0.201. The second kappa shape index (κ2) is 8.02. The van der Waals surface area contributed by atoms with Gasteiger partial charge >= 0.3 is 5.97 Å². The van der Waals surface area contributed by atoms with Crippen LogP contribution < -0.4 is 0 Å². The Bertz CT molecular complexity index is 401. The molecule has 0 spiro atoms. The van der Waals surface area contributed by atoms with Crippen molar-refractivity contribution in [2.75, 3.05) is 19.7 Å². The van der Waals surface area contributed by atoms with E-state index < -0.39 is 5.97 Å². The maximum absolute atomic E-state index is 10.5. The van der Waals surface area contributed by atoms with Crippen molar-refractivity contribution < 1.29 is 15.0 Å². The lowest BCUT2D eigenvalue weighted by Crippen LogP contribution is -2.24. The van der Waals surface area contributed by atoms with Gasteiger partial charge in [0.25, 0.3) is 0 Å². The minimum atomic E-state index is -0.931. The first-order valence-electron chi connectivity index (χ1n) is 5.98. The first-order valence-corrected chi connectivity index (χ1v) is 6.86. The molecule has 1 aromatic rings. The van der Waals surface area contributed by atoms with Crippen LogP contribution >= 0.6 is 11.3 Å². The van der Waals surface area contributed by atoms with Crippen LogP contribution in [0.5, 0.6) is 0 Å². The fraction of sp³-hybridized carbons (Fsp3) is 0.462. The van der Waals surface area contributed by atoms with E-state index in [1.165, 1.54) is 0 Å². The fourth-order valence-electron chi connectivity index (χ4n) is 1.63. The third-order valence-corrected chi connectivity index (χ3v) is 3.55. The molecule has 0 aliphatic rings. The van der Waals surface area contributed by atoms with Crippen LogP contribution in [0.25, 0.3) is 6.08 Å². The summed E-state index contributed by atoms with van der Waals surface area (Å²) in [4.78, 5) is 13.9. The Kier molecular flexibility index (Phi) is 6.64. The second-order valence-electron chi connectivity index (χ2n) is 3.92. The number of carbonyl (C=O) groups is 1.